The third kappa shape index (κ3) is 5.91. The summed E-state index contributed by atoms with van der Waals surface area (Å²) in [5.41, 5.74) is 0.562. The second-order valence-electron chi connectivity index (χ2n) is 4.97. The summed E-state index contributed by atoms with van der Waals surface area (Å²) in [5, 5.41) is 7.52. The molecule has 2 N–H and O–H groups in total. The van der Waals surface area contributed by atoms with E-state index < -0.39 is 0 Å². The van der Waals surface area contributed by atoms with E-state index in [0.29, 0.717) is 11.5 Å². The van der Waals surface area contributed by atoms with Crippen LogP contribution in [0.2, 0.25) is 0 Å². The maximum atomic E-state index is 13.7. The highest BCUT2D eigenvalue weighted by Gasteiger charge is 2.04. The van der Waals surface area contributed by atoms with Crippen molar-refractivity contribution >= 4 is 33.2 Å². The molecule has 0 aliphatic heterocycles. The quantitative estimate of drug-likeness (QED) is 0.576. The number of nitrogens with zero attached hydrogens (tertiary/aromatic N) is 2. The molecule has 0 radical (unpaired) electrons. The van der Waals surface area contributed by atoms with Crippen molar-refractivity contribution < 1.29 is 4.39 Å². The summed E-state index contributed by atoms with van der Waals surface area (Å²) in [5.74, 6) is 0.436. The van der Waals surface area contributed by atoms with Crippen molar-refractivity contribution in [2.45, 2.75) is 26.8 Å². The van der Waals surface area contributed by atoms with Gasteiger partial charge < -0.3 is 10.6 Å². The maximum absolute atomic E-state index is 13.7. The highest BCUT2D eigenvalue weighted by Crippen LogP contribution is 2.16. The summed E-state index contributed by atoms with van der Waals surface area (Å²) >= 11 is 5.05. The van der Waals surface area contributed by atoms with Crippen molar-refractivity contribution in [3.8, 4) is 0 Å². The number of nitrogens with one attached hydrogen (secondary N) is 2. The maximum Gasteiger partial charge on any atom is 0.191 e. The molecule has 0 atom stereocenters. The molecule has 0 spiro atoms. The van der Waals surface area contributed by atoms with Crippen LogP contribution in [0.25, 0.3) is 0 Å². The first-order valence-corrected chi connectivity index (χ1v) is 9.07. The number of hydrogen-bond donors (Lipinski definition) is 2. The number of halogens is 2. The smallest absolute Gasteiger partial charge is 0.191 e. The van der Waals surface area contributed by atoms with Gasteiger partial charge in [-0.3, -0.25) is 0 Å². The van der Waals surface area contributed by atoms with Gasteiger partial charge in [-0.1, -0.05) is 15.9 Å². The topological polar surface area (TPSA) is 49.3 Å². The summed E-state index contributed by atoms with van der Waals surface area (Å²) in [6.45, 7) is 5.83. The predicted octanol–water partition coefficient (Wildman–Crippen LogP) is 3.65. The van der Waals surface area contributed by atoms with Crippen LogP contribution in [-0.4, -0.2) is 24.0 Å². The molecule has 0 amide bonds. The molecule has 0 fully saturated rings. The summed E-state index contributed by atoms with van der Waals surface area (Å²) in [4.78, 5) is 9.99. The van der Waals surface area contributed by atoms with Crippen molar-refractivity contribution in [1.82, 2.24) is 15.6 Å². The van der Waals surface area contributed by atoms with Crippen LogP contribution in [0.1, 0.15) is 22.4 Å². The van der Waals surface area contributed by atoms with Crippen molar-refractivity contribution in [3.63, 3.8) is 0 Å². The summed E-state index contributed by atoms with van der Waals surface area (Å²) in [7, 11) is 0. The standard InChI is InChI=1S/C16H20BrFN4S/c1-3-19-16(20-7-6-15-21-9-11(2)23-15)22-10-12-8-13(17)4-5-14(12)18/h4-5,8-9H,3,6-7,10H2,1-2H3,(H2,19,20,22). The molecule has 0 bridgehead atoms. The van der Waals surface area contributed by atoms with Crippen LogP contribution in [0.4, 0.5) is 4.39 Å². The molecule has 124 valence electrons. The Morgan fingerprint density at radius 3 is 2.91 bits per heavy atom. The first-order valence-electron chi connectivity index (χ1n) is 7.46. The molecule has 1 aromatic carbocycles. The van der Waals surface area contributed by atoms with E-state index in [2.05, 4.69) is 36.5 Å². The second kappa shape index (κ2) is 8.98. The zero-order valence-electron chi connectivity index (χ0n) is 13.2. The summed E-state index contributed by atoms with van der Waals surface area (Å²) < 4.78 is 14.6. The number of aliphatic imine (C=N–C) groups is 1. The van der Waals surface area contributed by atoms with Gasteiger partial charge in [0.15, 0.2) is 5.96 Å². The Hall–Kier alpha value is -1.47. The zero-order chi connectivity index (χ0) is 16.7. The molecule has 7 heteroatoms. The number of aromatic nitrogens is 1. The van der Waals surface area contributed by atoms with E-state index in [0.717, 1.165) is 29.0 Å². The van der Waals surface area contributed by atoms with Crippen molar-refractivity contribution in [2.24, 2.45) is 4.99 Å². The molecule has 0 aliphatic rings. The molecule has 0 saturated carbocycles. The fourth-order valence-electron chi connectivity index (χ4n) is 1.98. The van der Waals surface area contributed by atoms with Crippen LogP contribution in [0.3, 0.4) is 0 Å². The van der Waals surface area contributed by atoms with Crippen LogP contribution in [0.15, 0.2) is 33.9 Å². The van der Waals surface area contributed by atoms with Gasteiger partial charge in [0.25, 0.3) is 0 Å². The van der Waals surface area contributed by atoms with E-state index in [1.807, 2.05) is 20.0 Å². The lowest BCUT2D eigenvalue weighted by molar-refractivity contribution is 0.610. The average molecular weight is 399 g/mol. The number of aryl methyl sites for hydroxylation is 1. The molecule has 0 aliphatic carbocycles. The molecule has 1 heterocycles. The third-order valence-corrected chi connectivity index (χ3v) is 4.53. The number of hydrogen-bond acceptors (Lipinski definition) is 3. The van der Waals surface area contributed by atoms with Crippen LogP contribution < -0.4 is 10.6 Å². The zero-order valence-corrected chi connectivity index (χ0v) is 15.6. The number of thiazole rings is 1. The molecular formula is C16H20BrFN4S. The SMILES string of the molecule is CCNC(=NCc1cc(Br)ccc1F)NCCc1ncc(C)s1. The molecule has 2 aromatic rings. The fourth-order valence-corrected chi connectivity index (χ4v) is 3.17. The minimum atomic E-state index is -0.244. The second-order valence-corrected chi connectivity index (χ2v) is 7.21. The Morgan fingerprint density at radius 2 is 2.22 bits per heavy atom. The van der Waals surface area contributed by atoms with Crippen LogP contribution >= 0.6 is 27.3 Å². The Kier molecular flexibility index (Phi) is 6.98. The van der Waals surface area contributed by atoms with E-state index in [1.165, 1.54) is 10.9 Å². The molecule has 23 heavy (non-hydrogen) atoms. The number of guanidine groups is 1. The van der Waals surface area contributed by atoms with Gasteiger partial charge in [-0.25, -0.2) is 14.4 Å². The largest absolute Gasteiger partial charge is 0.357 e. The highest BCUT2D eigenvalue weighted by molar-refractivity contribution is 9.10. The normalized spacial score (nSPS) is 11.6. The first kappa shape index (κ1) is 17.9. The van der Waals surface area contributed by atoms with Gasteiger partial charge in [0.1, 0.15) is 5.82 Å². The van der Waals surface area contributed by atoms with E-state index in [9.17, 15) is 4.39 Å². The van der Waals surface area contributed by atoms with Crippen LogP contribution in [0, 0.1) is 12.7 Å². The van der Waals surface area contributed by atoms with Gasteiger partial charge in [0.2, 0.25) is 0 Å². The van der Waals surface area contributed by atoms with Crippen molar-refractivity contribution in [3.05, 3.63) is 50.1 Å². The minimum absolute atomic E-state index is 0.244. The Morgan fingerprint density at radius 1 is 1.39 bits per heavy atom. The summed E-state index contributed by atoms with van der Waals surface area (Å²) in [6, 6.07) is 4.88. The summed E-state index contributed by atoms with van der Waals surface area (Å²) in [6.07, 6.45) is 2.73. The van der Waals surface area contributed by atoms with Gasteiger partial charge >= 0.3 is 0 Å². The Labute approximate surface area is 148 Å². The minimum Gasteiger partial charge on any atom is -0.357 e. The first-order chi connectivity index (χ1) is 11.1. The molecule has 0 unspecified atom stereocenters. The van der Waals surface area contributed by atoms with Crippen molar-refractivity contribution in [2.75, 3.05) is 13.1 Å². The van der Waals surface area contributed by atoms with Gasteiger partial charge in [0, 0.05) is 40.6 Å². The third-order valence-electron chi connectivity index (χ3n) is 3.06. The van der Waals surface area contributed by atoms with Crippen LogP contribution in [0.5, 0.6) is 0 Å². The number of rotatable bonds is 6. The lowest BCUT2D eigenvalue weighted by Crippen LogP contribution is -2.38. The lowest BCUT2D eigenvalue weighted by atomic mass is 10.2. The van der Waals surface area contributed by atoms with Gasteiger partial charge in [0.05, 0.1) is 11.6 Å². The van der Waals surface area contributed by atoms with Crippen molar-refractivity contribution in [1.29, 1.82) is 0 Å². The molecular weight excluding hydrogens is 379 g/mol. The fraction of sp³-hybridized carbons (Fsp3) is 0.375. The molecule has 0 saturated heterocycles. The molecule has 1 aromatic heterocycles. The Bertz CT molecular complexity index is 672. The predicted molar refractivity (Wildman–Crippen MR) is 97.5 cm³/mol. The molecule has 4 nitrogen and oxygen atoms in total. The molecule has 2 rings (SSSR count). The highest BCUT2D eigenvalue weighted by atomic mass is 79.9. The number of benzene rings is 1. The van der Waals surface area contributed by atoms with Gasteiger partial charge in [-0.2, -0.15) is 0 Å². The lowest BCUT2D eigenvalue weighted by Gasteiger charge is -2.11. The van der Waals surface area contributed by atoms with E-state index >= 15 is 0 Å². The monoisotopic (exact) mass is 398 g/mol. The van der Waals surface area contributed by atoms with Gasteiger partial charge in [-0.05, 0) is 32.0 Å². The van der Waals surface area contributed by atoms with Crippen LogP contribution in [-0.2, 0) is 13.0 Å². The van der Waals surface area contributed by atoms with E-state index in [1.54, 1.807) is 23.5 Å². The van der Waals surface area contributed by atoms with E-state index in [-0.39, 0.29) is 12.4 Å². The van der Waals surface area contributed by atoms with E-state index in [4.69, 9.17) is 0 Å². The average Bonchev–Trinajstić information content (AvgIpc) is 2.93. The Balaban J connectivity index is 1.92. The van der Waals surface area contributed by atoms with Gasteiger partial charge in [-0.15, -0.1) is 11.3 Å².